The van der Waals surface area contributed by atoms with Crippen LogP contribution in [0, 0.1) is 40.4 Å². The van der Waals surface area contributed by atoms with Crippen LogP contribution in [0.5, 0.6) is 28.7 Å². The quantitative estimate of drug-likeness (QED) is 0.0231. The minimum atomic E-state index is -0.692. The Labute approximate surface area is 661 Å². The summed E-state index contributed by atoms with van der Waals surface area (Å²) >= 11 is 74.1. The van der Waals surface area contributed by atoms with Gasteiger partial charge in [0.15, 0.2) is 60.1 Å². The number of nitrogens with one attached hydrogen (secondary N) is 10. The van der Waals surface area contributed by atoms with Crippen LogP contribution in [0.4, 0.5) is 38.5 Å². The van der Waals surface area contributed by atoms with Crippen LogP contribution in [0.25, 0.3) is 0 Å². The number of rotatable bonds is 17. The maximum Gasteiger partial charge on any atom is 0.175 e. The fourth-order valence-corrected chi connectivity index (χ4v) is 11.4. The highest BCUT2D eigenvalue weighted by atomic mass is 35.5. The summed E-state index contributed by atoms with van der Waals surface area (Å²) < 4.78 is 13.1. The molecule has 15 N–H and O–H groups in total. The molecule has 0 amide bonds. The lowest BCUT2D eigenvalue weighted by atomic mass is 10.1. The highest BCUT2D eigenvalue weighted by Crippen LogP contribution is 2.42. The van der Waals surface area contributed by atoms with Crippen LogP contribution < -0.4 is 53.2 Å². The van der Waals surface area contributed by atoms with E-state index in [1.807, 2.05) is 110 Å². The minimum absolute atomic E-state index is 0.0405. The van der Waals surface area contributed by atoms with E-state index in [2.05, 4.69) is 72.2 Å². The van der Waals surface area contributed by atoms with Gasteiger partial charge in [-0.2, -0.15) is 0 Å². The summed E-state index contributed by atoms with van der Waals surface area (Å²) in [6.07, 6.45) is 4.22. The van der Waals surface area contributed by atoms with Crippen molar-refractivity contribution in [3.05, 3.63) is 248 Å². The lowest BCUT2D eigenvalue weighted by molar-refractivity contribution is 0.435. The van der Waals surface area contributed by atoms with Crippen molar-refractivity contribution in [3.8, 4) is 28.7 Å². The minimum Gasteiger partial charge on any atom is -0.504 e. The molecule has 0 spiro atoms. The van der Waals surface area contributed by atoms with Crippen LogP contribution in [0.1, 0.15) is 70.7 Å². The van der Waals surface area contributed by atoms with E-state index in [-0.39, 0.29) is 53.9 Å². The van der Waals surface area contributed by atoms with Crippen molar-refractivity contribution in [3.63, 3.8) is 0 Å². The Kier molecular flexibility index (Phi) is 36.6. The first kappa shape index (κ1) is 85.3. The Hall–Kier alpha value is -7.32. The van der Waals surface area contributed by atoms with Gasteiger partial charge in [-0.3, -0.25) is 0 Å². The number of benzene rings is 9. The largest absolute Gasteiger partial charge is 0.504 e. The van der Waals surface area contributed by atoms with Crippen LogP contribution in [-0.2, 0) is 19.5 Å². The number of aromatic hydroxyl groups is 5. The number of unbranched alkanes of at least 4 members (excludes halogenated alkanes) is 2. The van der Waals surface area contributed by atoms with Crippen molar-refractivity contribution in [2.75, 3.05) is 45.0 Å². The molecule has 0 aliphatic rings. The zero-order valence-corrected chi connectivity index (χ0v) is 66.0. The molecule has 102 heavy (non-hydrogen) atoms. The molecule has 0 saturated carbocycles. The van der Waals surface area contributed by atoms with E-state index < -0.39 is 11.6 Å². The number of para-hydroxylation sites is 2. The van der Waals surface area contributed by atoms with Crippen molar-refractivity contribution >= 4 is 214 Å². The Morgan fingerprint density at radius 2 is 0.725 bits per heavy atom. The molecule has 9 rings (SSSR count). The van der Waals surface area contributed by atoms with E-state index in [1.54, 1.807) is 52.0 Å². The first-order valence-corrected chi connectivity index (χ1v) is 36.2. The van der Waals surface area contributed by atoms with E-state index >= 15 is 0 Å². The topological polar surface area (TPSA) is 221 Å². The molecule has 29 heteroatoms. The van der Waals surface area contributed by atoms with Gasteiger partial charge in [-0.15, -0.1) is 0 Å². The van der Waals surface area contributed by atoms with E-state index in [0.717, 1.165) is 49.0 Å². The summed E-state index contributed by atoms with van der Waals surface area (Å²) in [6.45, 7) is 13.8. The summed E-state index contributed by atoms with van der Waals surface area (Å²) in [5, 5.41) is 83.7. The molecule has 0 bridgehead atoms. The molecule has 0 radical (unpaired) electrons. The first-order valence-electron chi connectivity index (χ1n) is 31.1. The van der Waals surface area contributed by atoms with E-state index in [1.165, 1.54) is 29.3 Å². The third-order valence-corrected chi connectivity index (χ3v) is 19.2. The predicted octanol–water partition coefficient (Wildman–Crippen LogP) is 21.7. The molecular weight excluding hydrogens is 1560 g/mol. The summed E-state index contributed by atoms with van der Waals surface area (Å²) in [5.74, 6) is -1.37. The summed E-state index contributed by atoms with van der Waals surface area (Å²) in [6, 6.07) is 47.9. The Morgan fingerprint density at radius 1 is 0.363 bits per heavy atom. The van der Waals surface area contributed by atoms with Gasteiger partial charge in [0, 0.05) is 52.0 Å². The molecule has 0 heterocycles. The Bertz CT molecular complexity index is 4360. The highest BCUT2D eigenvalue weighted by molar-refractivity contribution is 7.81. The first-order chi connectivity index (χ1) is 48.5. The summed E-state index contributed by atoms with van der Waals surface area (Å²) in [7, 11) is 0. The molecule has 0 saturated heterocycles. The van der Waals surface area contributed by atoms with Gasteiger partial charge in [-0.05, 0) is 202 Å². The fourth-order valence-electron chi connectivity index (χ4n) is 8.59. The van der Waals surface area contributed by atoms with Gasteiger partial charge in [-0.25, -0.2) is 4.39 Å². The predicted molar refractivity (Wildman–Crippen MR) is 448 cm³/mol. The molecule has 0 fully saturated rings. The molecular formula is C73H75Cl8FN10O5S5. The number of aryl methyl sites for hydroxylation is 1. The molecule has 0 unspecified atom stereocenters. The van der Waals surface area contributed by atoms with Crippen LogP contribution in [-0.4, -0.2) is 64.2 Å². The van der Waals surface area contributed by atoms with Crippen LogP contribution in [0.15, 0.2) is 158 Å². The third kappa shape index (κ3) is 27.7. The summed E-state index contributed by atoms with van der Waals surface area (Å²) in [5.41, 5.74) is 9.79. The second-order valence-corrected chi connectivity index (χ2v) is 27.3. The third-order valence-electron chi connectivity index (χ3n) is 14.6. The van der Waals surface area contributed by atoms with Gasteiger partial charge < -0.3 is 78.7 Å². The van der Waals surface area contributed by atoms with Crippen molar-refractivity contribution in [2.24, 2.45) is 0 Å². The second kappa shape index (κ2) is 43.7. The van der Waals surface area contributed by atoms with Crippen LogP contribution in [0.2, 0.25) is 40.2 Å². The molecule has 0 aliphatic carbocycles. The Balaban J connectivity index is 0.000000230. The standard InChI is InChI=1S/2C16H16Cl2N2OS.C15H14Cl2N2OS.C13H18Cl2N2OS.C13H11FN2OS/c1-9-5-3-4-6-11(9)8-19-16(22)20-13-7-12(17)10(2)14(18)15(13)21;1-10-12(17)9-13(15(21)14(10)18)20-16(22)19-8-7-11-5-3-2-4-6-11;1-9-11(16)7-12(14(20)13(9)17)19-15(21)18-8-10-5-3-2-4-6-10;1-3-4-5-6-16-13(19)17-10-7-9(14)8(2)11(15)12(10)18;14-10-7-4-8-11(12(10)17)16-13(18)15-9-5-2-1-3-6-9/h3-7,21H,8H2,1-2H3,(H2,19,20,22);2-6,9,21H,7-8H2,1H3,(H2,19,20,22);2-7,20H,8H2,1H3,(H2,18,19,21);7,18H,3-6H2,1-2H3,(H2,16,17,19);1-8,17H,(H2,15,16,18). The number of thiocarbonyl (C=S) groups is 5. The number of halogens is 9. The average Bonchev–Trinajstić information content (AvgIpc) is 0.837. The molecule has 0 atom stereocenters. The number of anilines is 6. The molecule has 0 aliphatic heterocycles. The average molecular weight is 1640 g/mol. The normalized spacial score (nSPS) is 10.2. The SMILES string of the molecule is CCCCCNC(=S)Nc1cc(Cl)c(C)c(Cl)c1O.Cc1c(Cl)cc(NC(=S)NCCc2ccccc2)c(O)c1Cl.Cc1c(Cl)cc(NC(=S)NCc2ccccc2)c(O)c1Cl.Cc1ccccc1CNC(=S)Nc1cc(Cl)c(C)c(Cl)c1O.Oc1c(F)cccc1NC(=S)Nc1ccccc1. The van der Waals surface area contributed by atoms with Crippen LogP contribution in [0.3, 0.4) is 0 Å². The van der Waals surface area contributed by atoms with E-state index in [0.29, 0.717) is 105 Å². The fraction of sp³-hybridized carbons (Fsp3) is 0.192. The monoisotopic (exact) mass is 1630 g/mol. The number of phenolic OH excluding ortho intramolecular Hbond substituents is 5. The van der Waals surface area contributed by atoms with Crippen molar-refractivity contribution in [1.82, 2.24) is 21.3 Å². The maximum atomic E-state index is 13.1. The van der Waals surface area contributed by atoms with Crippen molar-refractivity contribution < 1.29 is 29.9 Å². The zero-order valence-electron chi connectivity index (χ0n) is 55.8. The van der Waals surface area contributed by atoms with Gasteiger partial charge in [-0.1, -0.05) is 222 Å². The smallest absolute Gasteiger partial charge is 0.175 e. The maximum absolute atomic E-state index is 13.1. The lowest BCUT2D eigenvalue weighted by Gasteiger charge is -2.15. The summed E-state index contributed by atoms with van der Waals surface area (Å²) in [4.78, 5) is 0. The van der Waals surface area contributed by atoms with Crippen molar-refractivity contribution in [1.29, 1.82) is 0 Å². The van der Waals surface area contributed by atoms with Gasteiger partial charge in [0.05, 0.1) is 48.5 Å². The van der Waals surface area contributed by atoms with E-state index in [4.69, 9.17) is 154 Å². The highest BCUT2D eigenvalue weighted by Gasteiger charge is 2.18. The van der Waals surface area contributed by atoms with E-state index in [9.17, 15) is 29.9 Å². The molecule has 9 aromatic rings. The lowest BCUT2D eigenvalue weighted by Crippen LogP contribution is -2.30. The van der Waals surface area contributed by atoms with Crippen LogP contribution >= 0.6 is 154 Å². The van der Waals surface area contributed by atoms with Gasteiger partial charge in [0.25, 0.3) is 0 Å². The molecule has 15 nitrogen and oxygen atoms in total. The van der Waals surface area contributed by atoms with Crippen molar-refractivity contribution in [2.45, 2.75) is 80.3 Å². The van der Waals surface area contributed by atoms with Gasteiger partial charge in [0.2, 0.25) is 0 Å². The molecule has 540 valence electrons. The van der Waals surface area contributed by atoms with Gasteiger partial charge in [0.1, 0.15) is 0 Å². The molecule has 9 aromatic carbocycles. The number of hydrogen-bond acceptors (Lipinski definition) is 10. The number of phenols is 5. The Morgan fingerprint density at radius 3 is 1.15 bits per heavy atom. The zero-order chi connectivity index (χ0) is 75.2. The van der Waals surface area contributed by atoms with Gasteiger partial charge >= 0.3 is 0 Å². The molecule has 0 aromatic heterocycles. The number of hydrogen-bond donors (Lipinski definition) is 15. The second-order valence-electron chi connectivity index (χ2n) is 22.1.